The van der Waals surface area contributed by atoms with Crippen LogP contribution in [-0.2, 0) is 6.54 Å². The fourth-order valence-electron chi connectivity index (χ4n) is 2.50. The van der Waals surface area contributed by atoms with Crippen molar-refractivity contribution in [3.8, 4) is 0 Å². The van der Waals surface area contributed by atoms with E-state index in [9.17, 15) is 0 Å². The molecule has 1 fully saturated rings. The second-order valence-electron chi connectivity index (χ2n) is 5.75. The zero-order valence-electron chi connectivity index (χ0n) is 12.2. The van der Waals surface area contributed by atoms with Gasteiger partial charge in [-0.05, 0) is 35.6 Å². The Kier molecular flexibility index (Phi) is 5.66. The summed E-state index contributed by atoms with van der Waals surface area (Å²) in [4.78, 5) is 0. The van der Waals surface area contributed by atoms with E-state index in [0.717, 1.165) is 24.6 Å². The van der Waals surface area contributed by atoms with Crippen molar-refractivity contribution < 1.29 is 0 Å². The van der Waals surface area contributed by atoms with E-state index < -0.39 is 0 Å². The van der Waals surface area contributed by atoms with Crippen LogP contribution >= 0.6 is 12.4 Å². The van der Waals surface area contributed by atoms with Crippen molar-refractivity contribution in [1.82, 2.24) is 0 Å². The van der Waals surface area contributed by atoms with E-state index in [-0.39, 0.29) is 18.4 Å². The molecule has 21 heavy (non-hydrogen) atoms. The van der Waals surface area contributed by atoms with E-state index in [1.54, 1.807) is 0 Å². The Morgan fingerprint density at radius 2 is 1.67 bits per heavy atom. The summed E-state index contributed by atoms with van der Waals surface area (Å²) in [6, 6.07) is 19.2. The fraction of sp³-hybridized carbons (Fsp3) is 0.333. The maximum absolute atomic E-state index is 6.23. The van der Waals surface area contributed by atoms with Gasteiger partial charge in [0, 0.05) is 18.3 Å². The van der Waals surface area contributed by atoms with Crippen LogP contribution < -0.4 is 11.1 Å². The molecule has 2 aromatic carbocycles. The minimum atomic E-state index is 0. The van der Waals surface area contributed by atoms with Crippen LogP contribution in [0.15, 0.2) is 54.6 Å². The first-order valence-electron chi connectivity index (χ1n) is 7.44. The van der Waals surface area contributed by atoms with Gasteiger partial charge in [0.1, 0.15) is 0 Å². The molecule has 3 N–H and O–H groups in total. The number of anilines is 1. The molecule has 0 aliphatic heterocycles. The van der Waals surface area contributed by atoms with E-state index in [2.05, 4.69) is 53.8 Å². The van der Waals surface area contributed by atoms with Gasteiger partial charge in [-0.15, -0.1) is 12.4 Å². The molecule has 0 aromatic heterocycles. The predicted octanol–water partition coefficient (Wildman–Crippen LogP) is 4.52. The van der Waals surface area contributed by atoms with Crippen LogP contribution in [-0.4, -0.2) is 0 Å². The molecule has 1 aliphatic carbocycles. The van der Waals surface area contributed by atoms with Gasteiger partial charge in [0.05, 0.1) is 0 Å². The van der Waals surface area contributed by atoms with E-state index in [4.69, 9.17) is 5.73 Å². The molecule has 3 rings (SSSR count). The summed E-state index contributed by atoms with van der Waals surface area (Å²) >= 11 is 0. The van der Waals surface area contributed by atoms with Gasteiger partial charge in [0.2, 0.25) is 0 Å². The second kappa shape index (κ2) is 7.48. The topological polar surface area (TPSA) is 38.0 Å². The van der Waals surface area contributed by atoms with Crippen LogP contribution in [0.1, 0.15) is 36.4 Å². The van der Waals surface area contributed by atoms with Crippen LogP contribution in [0.25, 0.3) is 0 Å². The average Bonchev–Trinajstić information content (AvgIpc) is 3.31. The predicted molar refractivity (Wildman–Crippen MR) is 91.7 cm³/mol. The Balaban J connectivity index is 0.00000161. The largest absolute Gasteiger partial charge is 0.381 e. The molecule has 1 atom stereocenters. The molecule has 1 aliphatic rings. The third kappa shape index (κ3) is 4.76. The van der Waals surface area contributed by atoms with Gasteiger partial charge in [-0.2, -0.15) is 0 Å². The van der Waals surface area contributed by atoms with Crippen LogP contribution in [0.4, 0.5) is 5.69 Å². The molecule has 0 bridgehead atoms. The molecule has 0 spiro atoms. The van der Waals surface area contributed by atoms with Crippen molar-refractivity contribution in [3.63, 3.8) is 0 Å². The number of hydrogen-bond donors (Lipinski definition) is 2. The van der Waals surface area contributed by atoms with Gasteiger partial charge in [0.25, 0.3) is 0 Å². The van der Waals surface area contributed by atoms with Crippen LogP contribution in [0.3, 0.4) is 0 Å². The molecule has 2 nitrogen and oxygen atoms in total. The number of benzene rings is 2. The Hall–Kier alpha value is -1.51. The Bertz CT molecular complexity index is 535. The zero-order chi connectivity index (χ0) is 13.8. The second-order valence-corrected chi connectivity index (χ2v) is 5.75. The van der Waals surface area contributed by atoms with Gasteiger partial charge in [-0.25, -0.2) is 0 Å². The Labute approximate surface area is 133 Å². The van der Waals surface area contributed by atoms with E-state index in [1.807, 2.05) is 6.07 Å². The fourth-order valence-corrected chi connectivity index (χ4v) is 2.50. The van der Waals surface area contributed by atoms with E-state index in [1.165, 1.54) is 24.0 Å². The van der Waals surface area contributed by atoms with Gasteiger partial charge < -0.3 is 11.1 Å². The highest BCUT2D eigenvalue weighted by Crippen LogP contribution is 2.36. The van der Waals surface area contributed by atoms with Crippen LogP contribution in [0, 0.1) is 5.92 Å². The van der Waals surface area contributed by atoms with E-state index >= 15 is 0 Å². The molecule has 0 amide bonds. The summed E-state index contributed by atoms with van der Waals surface area (Å²) in [6.07, 6.45) is 3.87. The third-order valence-corrected chi connectivity index (χ3v) is 3.96. The number of rotatable bonds is 6. The third-order valence-electron chi connectivity index (χ3n) is 3.96. The van der Waals surface area contributed by atoms with Crippen LogP contribution in [0.2, 0.25) is 0 Å². The quantitative estimate of drug-likeness (QED) is 0.823. The maximum atomic E-state index is 6.23. The van der Waals surface area contributed by atoms with Gasteiger partial charge in [-0.3, -0.25) is 0 Å². The standard InChI is InChI=1S/C18H22N2.ClH/c19-18(12-14-6-7-14)16-8-10-17(11-9-16)20-13-15-4-2-1-3-5-15;/h1-5,8-11,14,18,20H,6-7,12-13,19H2;1H/t18-;/m1./s1. The molecular formula is C18H23ClN2. The summed E-state index contributed by atoms with van der Waals surface area (Å²) < 4.78 is 0. The summed E-state index contributed by atoms with van der Waals surface area (Å²) in [5.74, 6) is 0.876. The normalized spacial score (nSPS) is 15.1. The monoisotopic (exact) mass is 302 g/mol. The number of nitrogens with one attached hydrogen (secondary N) is 1. The summed E-state index contributed by atoms with van der Waals surface area (Å²) in [6.45, 7) is 0.855. The Morgan fingerprint density at radius 1 is 1.00 bits per heavy atom. The van der Waals surface area contributed by atoms with E-state index in [0.29, 0.717) is 0 Å². The van der Waals surface area contributed by atoms with Crippen molar-refractivity contribution in [2.24, 2.45) is 11.7 Å². The van der Waals surface area contributed by atoms with Gasteiger partial charge in [-0.1, -0.05) is 55.3 Å². The summed E-state index contributed by atoms with van der Waals surface area (Å²) in [5.41, 5.74) is 9.93. The smallest absolute Gasteiger partial charge is 0.0400 e. The Morgan fingerprint density at radius 3 is 2.29 bits per heavy atom. The van der Waals surface area contributed by atoms with Crippen LogP contribution in [0.5, 0.6) is 0 Å². The van der Waals surface area contributed by atoms with Crippen molar-refractivity contribution in [1.29, 1.82) is 0 Å². The molecule has 0 unspecified atom stereocenters. The summed E-state index contributed by atoms with van der Waals surface area (Å²) in [7, 11) is 0. The minimum absolute atomic E-state index is 0. The lowest BCUT2D eigenvalue weighted by atomic mass is 10.0. The van der Waals surface area contributed by atoms with Crippen molar-refractivity contribution in [2.45, 2.75) is 31.8 Å². The highest BCUT2D eigenvalue weighted by molar-refractivity contribution is 5.85. The molecule has 1 saturated carbocycles. The van der Waals surface area contributed by atoms with Crippen molar-refractivity contribution in [3.05, 3.63) is 65.7 Å². The van der Waals surface area contributed by atoms with Gasteiger partial charge >= 0.3 is 0 Å². The SMILES string of the molecule is Cl.N[C@H](CC1CC1)c1ccc(NCc2ccccc2)cc1. The summed E-state index contributed by atoms with van der Waals surface area (Å²) in [5, 5.41) is 3.44. The first-order valence-corrected chi connectivity index (χ1v) is 7.44. The molecule has 2 aromatic rings. The number of halogens is 1. The lowest BCUT2D eigenvalue weighted by molar-refractivity contribution is 0.597. The first kappa shape index (κ1) is 15.9. The molecule has 0 saturated heterocycles. The molecular weight excluding hydrogens is 280 g/mol. The molecule has 0 heterocycles. The maximum Gasteiger partial charge on any atom is 0.0400 e. The number of nitrogens with two attached hydrogens (primary N) is 1. The molecule has 112 valence electrons. The first-order chi connectivity index (χ1) is 9.81. The zero-order valence-corrected chi connectivity index (χ0v) is 13.0. The van der Waals surface area contributed by atoms with Gasteiger partial charge in [0.15, 0.2) is 0 Å². The highest BCUT2D eigenvalue weighted by Gasteiger charge is 2.24. The highest BCUT2D eigenvalue weighted by atomic mass is 35.5. The molecule has 3 heteroatoms. The lowest BCUT2D eigenvalue weighted by Gasteiger charge is -2.13. The number of hydrogen-bond acceptors (Lipinski definition) is 2. The van der Waals surface area contributed by atoms with Crippen molar-refractivity contribution >= 4 is 18.1 Å². The average molecular weight is 303 g/mol. The lowest BCUT2D eigenvalue weighted by Crippen LogP contribution is -2.11. The van der Waals surface area contributed by atoms with Crippen molar-refractivity contribution in [2.75, 3.05) is 5.32 Å². The molecule has 0 radical (unpaired) electrons. The minimum Gasteiger partial charge on any atom is -0.381 e.